The molecule has 0 fully saturated rings. The number of amides is 1. The first-order valence-corrected chi connectivity index (χ1v) is 13.6. The van der Waals surface area contributed by atoms with Gasteiger partial charge in [0.15, 0.2) is 0 Å². The van der Waals surface area contributed by atoms with Crippen molar-refractivity contribution >= 4 is 6.09 Å². The Labute approximate surface area is 237 Å². The zero-order valence-electron chi connectivity index (χ0n) is 22.8. The molecule has 5 heteroatoms. The Hall–Kier alpha value is -4.19. The molecule has 0 aliphatic heterocycles. The molecule has 0 aliphatic carbocycles. The molecule has 0 aromatic heterocycles. The second kappa shape index (κ2) is 16.0. The fourth-order valence-corrected chi connectivity index (χ4v) is 4.45. The van der Waals surface area contributed by atoms with Gasteiger partial charge in [0, 0.05) is 6.54 Å². The van der Waals surface area contributed by atoms with Crippen molar-refractivity contribution < 1.29 is 19.0 Å². The molecule has 2 atom stereocenters. The van der Waals surface area contributed by atoms with E-state index in [9.17, 15) is 4.79 Å². The summed E-state index contributed by atoms with van der Waals surface area (Å²) in [4.78, 5) is 15.5. The summed E-state index contributed by atoms with van der Waals surface area (Å²) < 4.78 is 18.5. The molecule has 0 N–H and O–H groups in total. The van der Waals surface area contributed by atoms with E-state index in [-0.39, 0.29) is 19.3 Å². The number of benzene rings is 4. The lowest BCUT2D eigenvalue weighted by atomic mass is 10.1. The Kier molecular flexibility index (Phi) is 11.6. The van der Waals surface area contributed by atoms with E-state index in [1.165, 1.54) is 0 Å². The Bertz CT molecular complexity index is 1270. The Morgan fingerprint density at radius 3 is 1.68 bits per heavy atom. The molecule has 5 nitrogen and oxygen atoms in total. The van der Waals surface area contributed by atoms with Crippen molar-refractivity contribution in [3.8, 4) is 0 Å². The van der Waals surface area contributed by atoms with Gasteiger partial charge in [0.1, 0.15) is 6.61 Å². The molecule has 0 heterocycles. The van der Waals surface area contributed by atoms with Gasteiger partial charge in [0.25, 0.3) is 0 Å². The molecule has 0 radical (unpaired) electrons. The first kappa shape index (κ1) is 28.8. The molecule has 0 saturated heterocycles. The molecular formula is C35H37NO4. The largest absolute Gasteiger partial charge is 0.445 e. The quantitative estimate of drug-likeness (QED) is 0.147. The molecule has 1 amide bonds. The van der Waals surface area contributed by atoms with Gasteiger partial charge in [0.2, 0.25) is 0 Å². The van der Waals surface area contributed by atoms with Gasteiger partial charge in [-0.15, -0.1) is 6.58 Å². The topological polar surface area (TPSA) is 48.0 Å². The summed E-state index contributed by atoms with van der Waals surface area (Å²) in [5.74, 6) is 0. The van der Waals surface area contributed by atoms with Crippen molar-refractivity contribution in [1.29, 1.82) is 0 Å². The fraction of sp³-hybridized carbons (Fsp3) is 0.229. The van der Waals surface area contributed by atoms with Gasteiger partial charge in [-0.05, 0) is 28.7 Å². The van der Waals surface area contributed by atoms with Crippen LogP contribution in [0.4, 0.5) is 4.79 Å². The number of ether oxygens (including phenoxy) is 3. The number of carbonyl (C=O) groups excluding carboxylic acids is 1. The summed E-state index contributed by atoms with van der Waals surface area (Å²) in [7, 11) is 0. The third kappa shape index (κ3) is 9.23. The first-order chi connectivity index (χ1) is 19.7. The molecule has 4 aromatic rings. The molecule has 40 heavy (non-hydrogen) atoms. The van der Waals surface area contributed by atoms with Crippen LogP contribution in [0.15, 0.2) is 134 Å². The van der Waals surface area contributed by atoms with Gasteiger partial charge in [0.05, 0.1) is 32.0 Å². The van der Waals surface area contributed by atoms with Crippen LogP contribution < -0.4 is 0 Å². The molecule has 4 aromatic carbocycles. The van der Waals surface area contributed by atoms with Gasteiger partial charge < -0.3 is 14.2 Å². The van der Waals surface area contributed by atoms with Crippen LogP contribution in [-0.2, 0) is 40.6 Å². The van der Waals surface area contributed by atoms with Crippen LogP contribution in [0.5, 0.6) is 0 Å². The van der Waals surface area contributed by atoms with Crippen molar-refractivity contribution in [1.82, 2.24) is 4.90 Å². The van der Waals surface area contributed by atoms with Crippen LogP contribution >= 0.6 is 0 Å². The predicted molar refractivity (Wildman–Crippen MR) is 158 cm³/mol. The van der Waals surface area contributed by atoms with Crippen LogP contribution in [0.3, 0.4) is 0 Å². The summed E-state index contributed by atoms with van der Waals surface area (Å²) in [6.07, 6.45) is 1.60. The summed E-state index contributed by atoms with van der Waals surface area (Å²) >= 11 is 0. The lowest BCUT2D eigenvalue weighted by molar-refractivity contribution is -0.0565. The molecule has 206 valence electrons. The van der Waals surface area contributed by atoms with E-state index in [1.54, 1.807) is 4.90 Å². The molecule has 4 rings (SSSR count). The lowest BCUT2D eigenvalue weighted by Gasteiger charge is -2.36. The van der Waals surface area contributed by atoms with E-state index >= 15 is 0 Å². The smallest absolute Gasteiger partial charge is 0.410 e. The number of rotatable bonds is 15. The number of carbonyl (C=O) groups is 1. The zero-order chi connectivity index (χ0) is 27.8. The minimum absolute atomic E-state index is 0.180. The van der Waals surface area contributed by atoms with Gasteiger partial charge >= 0.3 is 6.09 Å². The Morgan fingerprint density at radius 1 is 0.675 bits per heavy atom. The van der Waals surface area contributed by atoms with Crippen LogP contribution in [0.25, 0.3) is 0 Å². The maximum atomic E-state index is 13.7. The second-order valence-electron chi connectivity index (χ2n) is 9.58. The molecule has 0 bridgehead atoms. The van der Waals surface area contributed by atoms with Crippen molar-refractivity contribution in [2.24, 2.45) is 0 Å². The summed E-state index contributed by atoms with van der Waals surface area (Å²) in [6, 6.07) is 39.2. The van der Waals surface area contributed by atoms with Gasteiger partial charge in [-0.1, -0.05) is 127 Å². The average Bonchev–Trinajstić information content (AvgIpc) is 3.01. The van der Waals surface area contributed by atoms with E-state index in [4.69, 9.17) is 14.2 Å². The molecule has 0 unspecified atom stereocenters. The summed E-state index contributed by atoms with van der Waals surface area (Å²) in [5.41, 5.74) is 4.04. The van der Waals surface area contributed by atoms with E-state index in [1.807, 2.05) is 127 Å². The van der Waals surface area contributed by atoms with Crippen LogP contribution in [0, 0.1) is 0 Å². The van der Waals surface area contributed by atoms with Crippen molar-refractivity contribution in [3.05, 3.63) is 156 Å². The van der Waals surface area contributed by atoms with Crippen LogP contribution in [-0.4, -0.2) is 29.7 Å². The molecular weight excluding hydrogens is 498 g/mol. The van der Waals surface area contributed by atoms with E-state index in [2.05, 4.69) is 6.58 Å². The maximum Gasteiger partial charge on any atom is 0.410 e. The predicted octanol–water partition coefficient (Wildman–Crippen LogP) is 7.57. The van der Waals surface area contributed by atoms with E-state index in [0.29, 0.717) is 26.2 Å². The molecule has 0 saturated carbocycles. The highest BCUT2D eigenvalue weighted by Gasteiger charge is 2.33. The SMILES string of the molecule is C=CC[C@H](OCc1ccccc1)[C@H](COCc1ccccc1)N(Cc1ccccc1)C(=O)OCc1ccccc1. The Morgan fingerprint density at radius 2 is 1.15 bits per heavy atom. The number of hydrogen-bond acceptors (Lipinski definition) is 4. The van der Waals surface area contributed by atoms with Crippen LogP contribution in [0.2, 0.25) is 0 Å². The first-order valence-electron chi connectivity index (χ1n) is 13.6. The second-order valence-corrected chi connectivity index (χ2v) is 9.58. The molecule has 0 aliphatic rings. The Balaban J connectivity index is 1.59. The molecule has 0 spiro atoms. The van der Waals surface area contributed by atoms with E-state index in [0.717, 1.165) is 22.3 Å². The van der Waals surface area contributed by atoms with Crippen molar-refractivity contribution in [2.75, 3.05) is 6.61 Å². The lowest BCUT2D eigenvalue weighted by Crippen LogP contribution is -2.50. The highest BCUT2D eigenvalue weighted by atomic mass is 16.6. The monoisotopic (exact) mass is 535 g/mol. The zero-order valence-corrected chi connectivity index (χ0v) is 22.8. The van der Waals surface area contributed by atoms with Crippen molar-refractivity contribution in [3.63, 3.8) is 0 Å². The summed E-state index contributed by atoms with van der Waals surface area (Å²) in [5, 5.41) is 0. The van der Waals surface area contributed by atoms with E-state index < -0.39 is 12.1 Å². The highest BCUT2D eigenvalue weighted by Crippen LogP contribution is 2.21. The number of nitrogens with zero attached hydrogens (tertiary/aromatic N) is 1. The summed E-state index contributed by atoms with van der Waals surface area (Å²) in [6.45, 7) is 5.62. The fourth-order valence-electron chi connectivity index (χ4n) is 4.45. The third-order valence-corrected chi connectivity index (χ3v) is 6.57. The maximum absolute atomic E-state index is 13.7. The van der Waals surface area contributed by atoms with Gasteiger partial charge in [-0.25, -0.2) is 4.79 Å². The standard InChI is InChI=1S/C35H37NO4/c1-2-15-34(39-26-31-20-11-5-12-21-31)33(28-38-25-30-18-9-4-10-19-30)36(24-29-16-7-3-8-17-29)35(37)40-27-32-22-13-6-14-23-32/h2-14,16-23,33-34H,1,15,24-28H2/t33-,34-/m0/s1. The normalized spacial score (nSPS) is 12.3. The minimum Gasteiger partial charge on any atom is -0.445 e. The third-order valence-electron chi connectivity index (χ3n) is 6.57. The average molecular weight is 536 g/mol. The van der Waals surface area contributed by atoms with Crippen LogP contribution in [0.1, 0.15) is 28.7 Å². The highest BCUT2D eigenvalue weighted by molar-refractivity contribution is 5.68. The number of hydrogen-bond donors (Lipinski definition) is 0. The minimum atomic E-state index is -0.422. The van der Waals surface area contributed by atoms with Crippen molar-refractivity contribution in [2.45, 2.75) is 44.9 Å². The van der Waals surface area contributed by atoms with Gasteiger partial charge in [-0.2, -0.15) is 0 Å². The van der Waals surface area contributed by atoms with Gasteiger partial charge in [-0.3, -0.25) is 4.90 Å².